The van der Waals surface area contributed by atoms with Gasteiger partial charge >= 0.3 is 0 Å². The number of carbonyl (C=O) groups excluding carboxylic acids is 1. The van der Waals surface area contributed by atoms with Crippen LogP contribution >= 0.6 is 46.3 Å². The Bertz CT molecular complexity index is 688. The van der Waals surface area contributed by atoms with Crippen LogP contribution in [0.25, 0.3) is 0 Å². The molecule has 1 fully saturated rings. The first-order valence-electron chi connectivity index (χ1n) is 6.77. The van der Waals surface area contributed by atoms with E-state index in [1.165, 1.54) is 35.9 Å². The van der Waals surface area contributed by atoms with E-state index in [2.05, 4.69) is 15.5 Å². The highest BCUT2D eigenvalue weighted by Crippen LogP contribution is 2.42. The van der Waals surface area contributed by atoms with Gasteiger partial charge in [-0.3, -0.25) is 10.1 Å². The normalized spacial score (nSPS) is 14.1. The highest BCUT2D eigenvalue weighted by molar-refractivity contribution is 7.99. The lowest BCUT2D eigenvalue weighted by atomic mass is 10.2. The molecule has 1 heterocycles. The van der Waals surface area contributed by atoms with E-state index in [0.717, 1.165) is 10.6 Å². The Labute approximate surface area is 146 Å². The smallest absolute Gasteiger partial charge is 0.236 e. The number of rotatable bonds is 6. The summed E-state index contributed by atoms with van der Waals surface area (Å²) in [6.07, 6.45) is 2.36. The summed E-state index contributed by atoms with van der Waals surface area (Å²) >= 11 is 14.9. The number of hydrogen-bond acceptors (Lipinski definition) is 5. The maximum Gasteiger partial charge on any atom is 0.236 e. The fourth-order valence-electron chi connectivity index (χ4n) is 1.83. The largest absolute Gasteiger partial charge is 0.300 e. The second-order valence-electron chi connectivity index (χ2n) is 5.00. The van der Waals surface area contributed by atoms with Crippen LogP contribution in [0.3, 0.4) is 0 Å². The third-order valence-corrected chi connectivity index (χ3v) is 5.69. The van der Waals surface area contributed by atoms with Crippen molar-refractivity contribution in [2.45, 2.75) is 24.5 Å². The molecule has 116 valence electrons. The minimum Gasteiger partial charge on any atom is -0.300 e. The van der Waals surface area contributed by atoms with E-state index in [0.29, 0.717) is 32.6 Å². The van der Waals surface area contributed by atoms with Gasteiger partial charge in [-0.1, -0.05) is 40.6 Å². The minimum atomic E-state index is -0.0754. The molecule has 0 aliphatic heterocycles. The lowest BCUT2D eigenvalue weighted by molar-refractivity contribution is -0.113. The number of anilines is 1. The van der Waals surface area contributed by atoms with E-state index in [4.69, 9.17) is 23.2 Å². The number of amides is 1. The number of carbonyl (C=O) groups is 1. The van der Waals surface area contributed by atoms with Crippen molar-refractivity contribution in [3.05, 3.63) is 38.8 Å². The van der Waals surface area contributed by atoms with Crippen LogP contribution in [-0.4, -0.2) is 21.9 Å². The maximum absolute atomic E-state index is 11.9. The molecule has 1 saturated carbocycles. The molecule has 3 rings (SSSR count). The quantitative estimate of drug-likeness (QED) is 0.803. The van der Waals surface area contributed by atoms with Crippen LogP contribution in [0.5, 0.6) is 0 Å². The fraction of sp³-hybridized carbons (Fsp3) is 0.357. The highest BCUT2D eigenvalue weighted by Gasteiger charge is 2.27. The summed E-state index contributed by atoms with van der Waals surface area (Å²) < 4.78 is 0. The van der Waals surface area contributed by atoms with Gasteiger partial charge < -0.3 is 0 Å². The number of nitrogens with zero attached hydrogens (tertiary/aromatic N) is 2. The van der Waals surface area contributed by atoms with Gasteiger partial charge in [0, 0.05) is 21.7 Å². The average molecular weight is 374 g/mol. The Morgan fingerprint density at radius 1 is 1.36 bits per heavy atom. The summed E-state index contributed by atoms with van der Waals surface area (Å²) in [6, 6.07) is 5.38. The van der Waals surface area contributed by atoms with E-state index in [-0.39, 0.29) is 5.91 Å². The molecule has 1 aromatic carbocycles. The maximum atomic E-state index is 11.9. The fourth-order valence-corrected chi connectivity index (χ4v) is 4.14. The summed E-state index contributed by atoms with van der Waals surface area (Å²) in [7, 11) is 0. The van der Waals surface area contributed by atoms with Crippen molar-refractivity contribution in [3.63, 3.8) is 0 Å². The number of thioether (sulfide) groups is 1. The Hall–Kier alpha value is -0.820. The predicted molar refractivity (Wildman–Crippen MR) is 93.1 cm³/mol. The Kier molecular flexibility index (Phi) is 5.23. The SMILES string of the molecule is O=C(CSCc1ccc(Cl)cc1Cl)Nc1nnc(C2CC2)s1. The first-order valence-corrected chi connectivity index (χ1v) is 9.49. The zero-order chi connectivity index (χ0) is 15.5. The van der Waals surface area contributed by atoms with Crippen LogP contribution in [0.15, 0.2) is 18.2 Å². The number of aromatic nitrogens is 2. The average Bonchev–Trinajstić information content (AvgIpc) is 3.22. The predicted octanol–water partition coefficient (Wildman–Crippen LogP) is 4.59. The van der Waals surface area contributed by atoms with E-state index in [1.54, 1.807) is 12.1 Å². The van der Waals surface area contributed by atoms with Gasteiger partial charge in [-0.05, 0) is 30.5 Å². The van der Waals surface area contributed by atoms with Crippen molar-refractivity contribution in [1.82, 2.24) is 10.2 Å². The molecule has 0 spiro atoms. The van der Waals surface area contributed by atoms with Gasteiger partial charge in [0.15, 0.2) is 0 Å². The van der Waals surface area contributed by atoms with Crippen LogP contribution in [0.1, 0.15) is 29.3 Å². The molecule has 1 aromatic heterocycles. The van der Waals surface area contributed by atoms with Crippen molar-refractivity contribution in [2.24, 2.45) is 0 Å². The second-order valence-corrected chi connectivity index (χ2v) is 7.83. The summed E-state index contributed by atoms with van der Waals surface area (Å²) in [6.45, 7) is 0. The molecule has 8 heteroatoms. The van der Waals surface area contributed by atoms with Crippen molar-refractivity contribution in [2.75, 3.05) is 11.1 Å². The van der Waals surface area contributed by atoms with Gasteiger partial charge in [0.25, 0.3) is 0 Å². The molecular formula is C14H13Cl2N3OS2. The zero-order valence-corrected chi connectivity index (χ0v) is 14.7. The third kappa shape index (κ3) is 4.35. The van der Waals surface area contributed by atoms with E-state index < -0.39 is 0 Å². The molecule has 1 aliphatic carbocycles. The number of halogens is 2. The minimum absolute atomic E-state index is 0.0754. The Balaban J connectivity index is 1.45. The summed E-state index contributed by atoms with van der Waals surface area (Å²) in [5, 5.41) is 13.7. The Morgan fingerprint density at radius 3 is 2.91 bits per heavy atom. The monoisotopic (exact) mass is 373 g/mol. The van der Waals surface area contributed by atoms with Crippen LogP contribution in [0.2, 0.25) is 10.0 Å². The molecule has 4 nitrogen and oxygen atoms in total. The molecule has 0 radical (unpaired) electrons. The first-order chi connectivity index (χ1) is 10.6. The third-order valence-electron chi connectivity index (χ3n) is 3.12. The van der Waals surface area contributed by atoms with Crippen molar-refractivity contribution in [1.29, 1.82) is 0 Å². The lowest BCUT2D eigenvalue weighted by Gasteiger charge is -2.04. The molecule has 0 bridgehead atoms. The number of nitrogens with one attached hydrogen (secondary N) is 1. The molecule has 0 atom stereocenters. The summed E-state index contributed by atoms with van der Waals surface area (Å²) in [4.78, 5) is 11.9. The number of hydrogen-bond donors (Lipinski definition) is 1. The molecule has 0 unspecified atom stereocenters. The van der Waals surface area contributed by atoms with Gasteiger partial charge in [-0.15, -0.1) is 22.0 Å². The lowest BCUT2D eigenvalue weighted by Crippen LogP contribution is -2.14. The van der Waals surface area contributed by atoms with Crippen molar-refractivity contribution in [3.8, 4) is 0 Å². The van der Waals surface area contributed by atoms with Crippen LogP contribution < -0.4 is 5.32 Å². The highest BCUT2D eigenvalue weighted by atomic mass is 35.5. The van der Waals surface area contributed by atoms with Gasteiger partial charge in [0.2, 0.25) is 11.0 Å². The molecule has 1 amide bonds. The summed E-state index contributed by atoms with van der Waals surface area (Å²) in [5.74, 6) is 1.49. The first kappa shape index (κ1) is 16.1. The van der Waals surface area contributed by atoms with E-state index >= 15 is 0 Å². The van der Waals surface area contributed by atoms with E-state index in [1.807, 2.05) is 6.07 Å². The standard InChI is InChI=1S/C14H13Cl2N3OS2/c15-10-4-3-9(11(16)5-10)6-21-7-12(20)17-14-19-18-13(22-14)8-1-2-8/h3-5,8H,1-2,6-7H2,(H,17,19,20). The number of benzene rings is 1. The van der Waals surface area contributed by atoms with Gasteiger partial charge in [-0.2, -0.15) is 0 Å². The molecular weight excluding hydrogens is 361 g/mol. The molecule has 1 aliphatic rings. The van der Waals surface area contributed by atoms with Gasteiger partial charge in [0.05, 0.1) is 5.75 Å². The Morgan fingerprint density at radius 2 is 2.18 bits per heavy atom. The van der Waals surface area contributed by atoms with Crippen molar-refractivity contribution >= 4 is 57.3 Å². The van der Waals surface area contributed by atoms with Crippen molar-refractivity contribution < 1.29 is 4.79 Å². The van der Waals surface area contributed by atoms with Crippen LogP contribution in [-0.2, 0) is 10.5 Å². The van der Waals surface area contributed by atoms with Crippen LogP contribution in [0.4, 0.5) is 5.13 Å². The van der Waals surface area contributed by atoms with E-state index in [9.17, 15) is 4.79 Å². The molecule has 1 N–H and O–H groups in total. The topological polar surface area (TPSA) is 54.9 Å². The molecule has 0 saturated heterocycles. The van der Waals surface area contributed by atoms with Gasteiger partial charge in [-0.25, -0.2) is 0 Å². The zero-order valence-electron chi connectivity index (χ0n) is 11.5. The van der Waals surface area contributed by atoms with Crippen LogP contribution in [0, 0.1) is 0 Å². The summed E-state index contributed by atoms with van der Waals surface area (Å²) in [5.41, 5.74) is 0.968. The second kappa shape index (κ2) is 7.17. The van der Waals surface area contributed by atoms with Gasteiger partial charge in [0.1, 0.15) is 5.01 Å². The molecule has 22 heavy (non-hydrogen) atoms. The molecule has 2 aromatic rings.